The molecule has 0 radical (unpaired) electrons. The van der Waals surface area contributed by atoms with E-state index in [4.69, 9.17) is 0 Å². The van der Waals surface area contributed by atoms with Crippen molar-refractivity contribution in [3.8, 4) is 0 Å². The van der Waals surface area contributed by atoms with Crippen molar-refractivity contribution in [1.82, 2.24) is 14.7 Å². The van der Waals surface area contributed by atoms with Crippen LogP contribution in [-0.4, -0.2) is 72.2 Å². The Labute approximate surface area is 192 Å². The summed E-state index contributed by atoms with van der Waals surface area (Å²) in [5, 5.41) is 29.9. The molecule has 0 aromatic rings. The van der Waals surface area contributed by atoms with Gasteiger partial charge < -0.3 is 44.4 Å². The second kappa shape index (κ2) is 21.7. The van der Waals surface area contributed by atoms with Gasteiger partial charge in [-0.15, -0.1) is 0 Å². The first-order valence-electron chi connectivity index (χ1n) is 10.0. The fraction of sp³-hybridized carbons (Fsp3) is 0.650. The predicted molar refractivity (Wildman–Crippen MR) is 107 cm³/mol. The van der Waals surface area contributed by atoms with Crippen LogP contribution in [0.5, 0.6) is 0 Å². The Hall–Kier alpha value is -2.00. The Morgan fingerprint density at radius 3 is 1.03 bits per heavy atom. The van der Waals surface area contributed by atoms with E-state index < -0.39 is 18.3 Å². The van der Waals surface area contributed by atoms with Crippen molar-refractivity contribution >= 4 is 18.3 Å². The van der Waals surface area contributed by atoms with Crippen LogP contribution in [-0.2, 0) is 20.4 Å². The minimum atomic E-state index is -1.09. The van der Waals surface area contributed by atoms with Gasteiger partial charge in [-0.3, -0.25) is 0 Å². The number of carboxylic acid groups (broad SMARTS) is 3. The summed E-state index contributed by atoms with van der Waals surface area (Å²) in [5.74, 6) is 0. The third-order valence-corrected chi connectivity index (χ3v) is 4.42. The van der Waals surface area contributed by atoms with Gasteiger partial charge in [-0.25, -0.2) is 0 Å². The fourth-order valence-electron chi connectivity index (χ4n) is 1.89. The number of nitrogens with zero attached hydrogens (tertiary/aromatic N) is 3. The van der Waals surface area contributed by atoms with Crippen molar-refractivity contribution in [3.05, 3.63) is 22.1 Å². The summed E-state index contributed by atoms with van der Waals surface area (Å²) in [7, 11) is 0. The molecule has 3 amide bonds. The standard InChI is InChI=1S/3C5H11NO2.C5H5.Ti/c3*1-3-6(4-2)5(7)8;1-2-4-5-3-1;/h3*3-4H2,1-2H3,(H,7,8);1-3H,4H2;/q;;;;+3/p-3. The summed E-state index contributed by atoms with van der Waals surface area (Å²) < 4.78 is 1.47. The monoisotopic (exact) mass is 461 g/mol. The molecule has 0 bridgehead atoms. The van der Waals surface area contributed by atoms with Gasteiger partial charge in [0.15, 0.2) is 0 Å². The summed E-state index contributed by atoms with van der Waals surface area (Å²) >= 11 is 2.14. The summed E-state index contributed by atoms with van der Waals surface area (Å²) in [6.07, 6.45) is 4.30. The normalized spacial score (nSPS) is 10.7. The topological polar surface area (TPSA) is 130 Å². The molecule has 0 unspecified atom stereocenters. The summed E-state index contributed by atoms with van der Waals surface area (Å²) in [5.41, 5.74) is 0. The van der Waals surface area contributed by atoms with Crippen molar-refractivity contribution in [3.63, 3.8) is 0 Å². The Morgan fingerprint density at radius 1 is 0.733 bits per heavy atom. The second-order valence-corrected chi connectivity index (χ2v) is 6.64. The first-order valence-corrected chi connectivity index (χ1v) is 10.8. The molecule has 0 heterocycles. The number of carbonyl (C=O) groups is 3. The second-order valence-electron chi connectivity index (χ2n) is 5.64. The zero-order valence-electron chi connectivity index (χ0n) is 19.0. The van der Waals surface area contributed by atoms with Crippen molar-refractivity contribution < 1.29 is 50.1 Å². The molecule has 0 aromatic carbocycles. The molecular formula is C20H35N3O6Ti. The molecule has 0 aromatic heterocycles. The molecule has 0 saturated carbocycles. The van der Waals surface area contributed by atoms with E-state index in [0.29, 0.717) is 39.3 Å². The van der Waals surface area contributed by atoms with Crippen LogP contribution in [0, 0.1) is 0 Å². The van der Waals surface area contributed by atoms with E-state index in [1.807, 2.05) is 0 Å². The van der Waals surface area contributed by atoms with Gasteiger partial charge in [0.25, 0.3) is 0 Å². The molecule has 0 aliphatic heterocycles. The van der Waals surface area contributed by atoms with E-state index in [1.165, 1.54) is 25.0 Å². The van der Waals surface area contributed by atoms with E-state index in [1.54, 1.807) is 41.5 Å². The van der Waals surface area contributed by atoms with Crippen LogP contribution in [0.15, 0.2) is 22.1 Å². The Morgan fingerprint density at radius 2 is 1.00 bits per heavy atom. The van der Waals surface area contributed by atoms with Gasteiger partial charge in [-0.05, 0) is 41.5 Å². The van der Waals surface area contributed by atoms with E-state index in [0.717, 1.165) is 0 Å². The van der Waals surface area contributed by atoms with E-state index >= 15 is 0 Å². The molecule has 0 atom stereocenters. The predicted octanol–water partition coefficient (Wildman–Crippen LogP) is 0.392. The minimum absolute atomic E-state index is 0.513. The maximum atomic E-state index is 9.98. The molecule has 0 saturated heterocycles. The number of allylic oxidation sites excluding steroid dienone is 4. The quantitative estimate of drug-likeness (QED) is 0.526. The van der Waals surface area contributed by atoms with E-state index in [2.05, 4.69) is 38.7 Å². The third-order valence-electron chi connectivity index (χ3n) is 3.84. The number of carbonyl (C=O) groups excluding carboxylic acids is 3. The Bertz CT molecular complexity index is 476. The van der Waals surface area contributed by atoms with Crippen molar-refractivity contribution in [2.24, 2.45) is 0 Å². The zero-order chi connectivity index (χ0) is 24.1. The van der Waals surface area contributed by atoms with Crippen LogP contribution in [0.2, 0.25) is 0 Å². The molecule has 9 nitrogen and oxygen atoms in total. The molecule has 0 spiro atoms. The van der Waals surface area contributed by atoms with Gasteiger partial charge in [-0.2, -0.15) is 0 Å². The van der Waals surface area contributed by atoms with Gasteiger partial charge in [0.2, 0.25) is 0 Å². The van der Waals surface area contributed by atoms with Crippen LogP contribution in [0.3, 0.4) is 0 Å². The molecule has 1 aliphatic carbocycles. The molecule has 1 rings (SSSR count). The zero-order valence-corrected chi connectivity index (χ0v) is 20.5. The molecular weight excluding hydrogens is 426 g/mol. The molecule has 1 aliphatic rings. The summed E-state index contributed by atoms with van der Waals surface area (Å²) in [4.78, 5) is 33.6. The van der Waals surface area contributed by atoms with Crippen LogP contribution in [0.1, 0.15) is 48.0 Å². The van der Waals surface area contributed by atoms with Crippen LogP contribution in [0.4, 0.5) is 14.4 Å². The number of hydrogen-bond acceptors (Lipinski definition) is 6. The first kappa shape index (κ1) is 32.7. The van der Waals surface area contributed by atoms with Gasteiger partial charge in [-0.1, -0.05) is 0 Å². The average molecular weight is 461 g/mol. The third kappa shape index (κ3) is 19.3. The van der Waals surface area contributed by atoms with Crippen LogP contribution in [0.25, 0.3) is 0 Å². The van der Waals surface area contributed by atoms with E-state index in [-0.39, 0.29) is 0 Å². The summed E-state index contributed by atoms with van der Waals surface area (Å²) in [6.45, 7) is 13.7. The molecule has 10 heteroatoms. The molecule has 0 N–H and O–H groups in total. The Kier molecular flexibility index (Phi) is 23.6. The maximum absolute atomic E-state index is 9.98. The molecule has 30 heavy (non-hydrogen) atoms. The number of amides is 3. The first-order chi connectivity index (χ1) is 14.1. The Balaban J connectivity index is -0.000000325. The van der Waals surface area contributed by atoms with Gasteiger partial charge in [0.1, 0.15) is 18.3 Å². The van der Waals surface area contributed by atoms with Crippen molar-refractivity contribution in [2.75, 3.05) is 39.3 Å². The summed E-state index contributed by atoms with van der Waals surface area (Å²) in [6, 6.07) is 0. The average Bonchev–Trinajstić information content (AvgIpc) is 3.16. The molecule has 0 fully saturated rings. The van der Waals surface area contributed by atoms with Gasteiger partial charge in [0.05, 0.1) is 0 Å². The SMILES string of the molecule is CCN(CC)C(=O)[O-].CCN(CC)C(=O)[O-].CCN(CC)C(=O)[O-].[Ti+3][C]1=CC=CC1. The number of hydrogen-bond donors (Lipinski definition) is 0. The van der Waals surface area contributed by atoms with Gasteiger partial charge >= 0.3 is 49.0 Å². The van der Waals surface area contributed by atoms with Crippen molar-refractivity contribution in [1.29, 1.82) is 0 Å². The van der Waals surface area contributed by atoms with E-state index in [9.17, 15) is 29.7 Å². The number of rotatable bonds is 6. The van der Waals surface area contributed by atoms with Crippen LogP contribution < -0.4 is 15.3 Å². The molecule has 170 valence electrons. The fourth-order valence-corrected chi connectivity index (χ4v) is 2.23. The van der Waals surface area contributed by atoms with Crippen molar-refractivity contribution in [2.45, 2.75) is 48.0 Å². The van der Waals surface area contributed by atoms with Gasteiger partial charge in [0, 0.05) is 39.3 Å². The van der Waals surface area contributed by atoms with Crippen LogP contribution >= 0.6 is 0 Å².